The second-order valence-electron chi connectivity index (χ2n) is 6.30. The van der Waals surface area contributed by atoms with Crippen molar-refractivity contribution in [1.29, 1.82) is 0 Å². The van der Waals surface area contributed by atoms with E-state index in [1.807, 2.05) is 65.5 Å². The van der Waals surface area contributed by atoms with Gasteiger partial charge in [0, 0.05) is 41.8 Å². The number of benzene rings is 2. The molecule has 4 aromatic rings. The zero-order valence-corrected chi connectivity index (χ0v) is 16.7. The lowest BCUT2D eigenvalue weighted by Crippen LogP contribution is -2.23. The Morgan fingerprint density at radius 3 is 2.90 bits per heavy atom. The maximum Gasteiger partial charge on any atom is 0.255 e. The Hall–Kier alpha value is -3.45. The summed E-state index contributed by atoms with van der Waals surface area (Å²) in [4.78, 5) is 21.3. The van der Waals surface area contributed by atoms with Gasteiger partial charge in [-0.3, -0.25) is 4.79 Å². The number of thiazole rings is 1. The monoisotopic (exact) mass is 404 g/mol. The summed E-state index contributed by atoms with van der Waals surface area (Å²) >= 11 is 1.59. The van der Waals surface area contributed by atoms with Crippen LogP contribution in [0.25, 0.3) is 16.3 Å². The van der Waals surface area contributed by atoms with Crippen LogP contribution in [-0.4, -0.2) is 27.0 Å². The number of ether oxygens (including phenoxy) is 1. The summed E-state index contributed by atoms with van der Waals surface area (Å²) in [5, 5.41) is 5.91. The summed E-state index contributed by atoms with van der Waals surface area (Å²) in [6.45, 7) is 2.80. The number of hydrogen-bond acceptors (Lipinski definition) is 5. The Labute approximate surface area is 172 Å². The van der Waals surface area contributed by atoms with Gasteiger partial charge in [0.2, 0.25) is 0 Å². The molecule has 146 valence electrons. The fourth-order valence-electron chi connectivity index (χ4n) is 3.01. The van der Waals surface area contributed by atoms with E-state index in [1.165, 1.54) is 0 Å². The predicted molar refractivity (Wildman–Crippen MR) is 113 cm³/mol. The molecule has 6 nitrogen and oxygen atoms in total. The van der Waals surface area contributed by atoms with E-state index in [9.17, 15) is 4.79 Å². The molecule has 2 aromatic heterocycles. The Morgan fingerprint density at radius 2 is 2.14 bits per heavy atom. The van der Waals surface area contributed by atoms with E-state index in [-0.39, 0.29) is 5.91 Å². The van der Waals surface area contributed by atoms with Gasteiger partial charge < -0.3 is 14.6 Å². The third-order valence-electron chi connectivity index (χ3n) is 4.37. The minimum atomic E-state index is -0.185. The van der Waals surface area contributed by atoms with Gasteiger partial charge >= 0.3 is 0 Å². The van der Waals surface area contributed by atoms with E-state index in [0.717, 1.165) is 21.8 Å². The molecule has 1 amide bonds. The van der Waals surface area contributed by atoms with Crippen molar-refractivity contribution in [3.8, 4) is 22.0 Å². The number of carbonyl (C=O) groups is 1. The number of amides is 1. The van der Waals surface area contributed by atoms with Gasteiger partial charge in [-0.15, -0.1) is 11.3 Å². The normalized spacial score (nSPS) is 10.7. The molecular weight excluding hydrogens is 384 g/mol. The number of imidazole rings is 1. The molecule has 0 spiro atoms. The summed E-state index contributed by atoms with van der Waals surface area (Å²) in [5.41, 5.74) is 3.40. The highest BCUT2D eigenvalue weighted by Crippen LogP contribution is 2.24. The number of aromatic nitrogens is 3. The Morgan fingerprint density at radius 1 is 1.21 bits per heavy atom. The minimum Gasteiger partial charge on any atom is -0.493 e. The number of carbonyl (C=O) groups excluding carboxylic acids is 1. The van der Waals surface area contributed by atoms with Crippen LogP contribution in [0.4, 0.5) is 0 Å². The van der Waals surface area contributed by atoms with Crippen LogP contribution in [0.15, 0.2) is 72.8 Å². The standard InChI is InChI=1S/C22H20N4O2S/c1-2-28-20-7-6-18(26-10-8-23-15-26)13-19(20)21(27)25-14-16-4-3-5-17(12-16)22-24-9-11-29-22/h3-13,15H,2,14H2,1H3,(H,25,27). The van der Waals surface area contributed by atoms with Gasteiger partial charge in [0.25, 0.3) is 5.91 Å². The third-order valence-corrected chi connectivity index (χ3v) is 5.19. The lowest BCUT2D eigenvalue weighted by Gasteiger charge is -2.13. The van der Waals surface area contributed by atoms with Crippen LogP contribution >= 0.6 is 11.3 Å². The van der Waals surface area contributed by atoms with E-state index in [0.29, 0.717) is 24.5 Å². The molecule has 0 saturated heterocycles. The molecule has 7 heteroatoms. The van der Waals surface area contributed by atoms with Gasteiger partial charge in [-0.1, -0.05) is 18.2 Å². The van der Waals surface area contributed by atoms with Gasteiger partial charge in [-0.05, 0) is 36.8 Å². The molecule has 0 radical (unpaired) electrons. The molecule has 1 N–H and O–H groups in total. The molecule has 0 bridgehead atoms. The highest BCUT2D eigenvalue weighted by Gasteiger charge is 2.14. The average molecular weight is 404 g/mol. The summed E-state index contributed by atoms with van der Waals surface area (Å²) in [6, 6.07) is 13.6. The zero-order valence-electron chi connectivity index (χ0n) is 15.9. The van der Waals surface area contributed by atoms with Crippen LogP contribution < -0.4 is 10.1 Å². The Balaban J connectivity index is 1.53. The fourth-order valence-corrected chi connectivity index (χ4v) is 3.64. The van der Waals surface area contributed by atoms with Crippen molar-refractivity contribution in [3.05, 3.63) is 83.9 Å². The summed E-state index contributed by atoms with van der Waals surface area (Å²) < 4.78 is 7.51. The number of nitrogens with zero attached hydrogens (tertiary/aromatic N) is 3. The minimum absolute atomic E-state index is 0.185. The van der Waals surface area contributed by atoms with Gasteiger partial charge in [0.05, 0.1) is 18.5 Å². The van der Waals surface area contributed by atoms with Crippen molar-refractivity contribution in [1.82, 2.24) is 19.9 Å². The largest absolute Gasteiger partial charge is 0.493 e. The van der Waals surface area contributed by atoms with Gasteiger partial charge in [-0.2, -0.15) is 0 Å². The van der Waals surface area contributed by atoms with Crippen LogP contribution in [0.3, 0.4) is 0 Å². The quantitative estimate of drug-likeness (QED) is 0.498. The fraction of sp³-hybridized carbons (Fsp3) is 0.136. The Bertz CT molecular complexity index is 1090. The van der Waals surface area contributed by atoms with Crippen molar-refractivity contribution in [2.24, 2.45) is 0 Å². The van der Waals surface area contributed by atoms with Crippen LogP contribution in [0.2, 0.25) is 0 Å². The lowest BCUT2D eigenvalue weighted by molar-refractivity contribution is 0.0947. The summed E-state index contributed by atoms with van der Waals surface area (Å²) in [6.07, 6.45) is 7.02. The molecule has 2 aromatic carbocycles. The molecule has 0 aliphatic heterocycles. The third kappa shape index (κ3) is 4.35. The molecule has 4 rings (SSSR count). The zero-order chi connectivity index (χ0) is 20.1. The van der Waals surface area contributed by atoms with Crippen LogP contribution in [0.1, 0.15) is 22.8 Å². The van der Waals surface area contributed by atoms with Gasteiger partial charge in [-0.25, -0.2) is 9.97 Å². The van der Waals surface area contributed by atoms with Crippen molar-refractivity contribution in [2.75, 3.05) is 6.61 Å². The van der Waals surface area contributed by atoms with Gasteiger partial charge in [0.15, 0.2) is 0 Å². The molecule has 0 unspecified atom stereocenters. The van der Waals surface area contributed by atoms with Crippen LogP contribution in [0, 0.1) is 0 Å². The van der Waals surface area contributed by atoms with Crippen LogP contribution in [0.5, 0.6) is 5.75 Å². The van der Waals surface area contributed by atoms with E-state index >= 15 is 0 Å². The molecular formula is C22H20N4O2S. The molecule has 29 heavy (non-hydrogen) atoms. The van der Waals surface area contributed by atoms with Crippen molar-refractivity contribution in [2.45, 2.75) is 13.5 Å². The van der Waals surface area contributed by atoms with Crippen molar-refractivity contribution in [3.63, 3.8) is 0 Å². The number of nitrogens with one attached hydrogen (secondary N) is 1. The molecule has 0 fully saturated rings. The molecule has 0 aliphatic carbocycles. The summed E-state index contributed by atoms with van der Waals surface area (Å²) in [7, 11) is 0. The molecule has 0 saturated carbocycles. The topological polar surface area (TPSA) is 69.0 Å². The maximum atomic E-state index is 12.9. The van der Waals surface area contributed by atoms with Crippen LogP contribution in [-0.2, 0) is 6.54 Å². The highest BCUT2D eigenvalue weighted by atomic mass is 32.1. The van der Waals surface area contributed by atoms with Crippen molar-refractivity contribution < 1.29 is 9.53 Å². The predicted octanol–water partition coefficient (Wildman–Crippen LogP) is 4.32. The first-order chi connectivity index (χ1) is 14.2. The first-order valence-corrected chi connectivity index (χ1v) is 10.1. The molecule has 2 heterocycles. The highest BCUT2D eigenvalue weighted by molar-refractivity contribution is 7.13. The first-order valence-electron chi connectivity index (χ1n) is 9.27. The second-order valence-corrected chi connectivity index (χ2v) is 7.20. The van der Waals surface area contributed by atoms with E-state index in [4.69, 9.17) is 4.74 Å². The van der Waals surface area contributed by atoms with Gasteiger partial charge in [0.1, 0.15) is 10.8 Å². The average Bonchev–Trinajstić information content (AvgIpc) is 3.47. The first kappa shape index (κ1) is 18.9. The summed E-state index contributed by atoms with van der Waals surface area (Å²) in [5.74, 6) is 0.375. The van der Waals surface area contributed by atoms with E-state index < -0.39 is 0 Å². The molecule has 0 aliphatic rings. The lowest BCUT2D eigenvalue weighted by atomic mass is 10.1. The Kier molecular flexibility index (Phi) is 5.67. The SMILES string of the molecule is CCOc1ccc(-n2ccnc2)cc1C(=O)NCc1cccc(-c2nccs2)c1. The smallest absolute Gasteiger partial charge is 0.255 e. The second kappa shape index (κ2) is 8.70. The van der Waals surface area contributed by atoms with E-state index in [1.54, 1.807) is 30.1 Å². The number of hydrogen-bond donors (Lipinski definition) is 1. The number of rotatable bonds is 7. The molecule has 0 atom stereocenters. The van der Waals surface area contributed by atoms with E-state index in [2.05, 4.69) is 15.3 Å². The maximum absolute atomic E-state index is 12.9. The van der Waals surface area contributed by atoms with Crippen molar-refractivity contribution >= 4 is 17.2 Å².